The first kappa shape index (κ1) is 12.0. The number of unbranched alkanes of at least 4 members (excludes halogenated alkanes) is 1. The number of carbonyl (C=O) groups excluding carboxylic acids is 1. The molecule has 3 aliphatic rings. The number of aliphatic hydroxyl groups is 1. The molecule has 1 N–H and O–H groups in total. The van der Waals surface area contributed by atoms with Crippen molar-refractivity contribution in [3.8, 4) is 0 Å². The molecule has 3 rings (SSSR count). The van der Waals surface area contributed by atoms with E-state index in [2.05, 4.69) is 6.92 Å². The molecule has 0 bridgehead atoms. The largest absolute Gasteiger partial charge is 0.385 e. The van der Waals surface area contributed by atoms with Gasteiger partial charge in [0.15, 0.2) is 0 Å². The van der Waals surface area contributed by atoms with Crippen molar-refractivity contribution in [1.29, 1.82) is 0 Å². The van der Waals surface area contributed by atoms with Crippen molar-refractivity contribution in [2.75, 3.05) is 6.54 Å². The summed E-state index contributed by atoms with van der Waals surface area (Å²) in [6.45, 7) is 2.84. The van der Waals surface area contributed by atoms with Gasteiger partial charge in [-0.15, -0.1) is 0 Å². The first-order chi connectivity index (χ1) is 8.65. The van der Waals surface area contributed by atoms with Gasteiger partial charge in [-0.2, -0.15) is 0 Å². The molecule has 1 aliphatic heterocycles. The van der Waals surface area contributed by atoms with Crippen molar-refractivity contribution in [2.24, 2.45) is 5.92 Å². The number of amides is 1. The zero-order valence-electron chi connectivity index (χ0n) is 10.9. The number of hydrogen-bond acceptors (Lipinski definition) is 2. The third-order valence-electron chi connectivity index (χ3n) is 4.44. The maximum Gasteiger partial charge on any atom is 0.250 e. The Bertz CT molecular complexity index is 422. The van der Waals surface area contributed by atoms with Crippen LogP contribution in [-0.2, 0) is 4.79 Å². The number of carbonyl (C=O) groups is 1. The Labute approximate surface area is 108 Å². The standard InChI is InChI=1S/C15H21NO2/c1-2-3-8-15(18)9-4-5-12-13(15)10-16(14(12)17)11-6-7-11/h4-5,9,11,13,18H,2-3,6-8,10H2,1H3/t13-,15?/m0/s1. The summed E-state index contributed by atoms with van der Waals surface area (Å²) in [5.41, 5.74) is 0.0161. The second-order valence-corrected chi connectivity index (χ2v) is 5.82. The van der Waals surface area contributed by atoms with Crippen LogP contribution in [0.1, 0.15) is 39.0 Å². The first-order valence-electron chi connectivity index (χ1n) is 7.08. The normalized spacial score (nSPS) is 34.8. The summed E-state index contributed by atoms with van der Waals surface area (Å²) in [7, 11) is 0. The van der Waals surface area contributed by atoms with Crippen LogP contribution in [0.15, 0.2) is 23.8 Å². The van der Waals surface area contributed by atoms with Gasteiger partial charge in [-0.05, 0) is 19.3 Å². The van der Waals surface area contributed by atoms with E-state index in [0.29, 0.717) is 12.6 Å². The Morgan fingerprint density at radius 3 is 2.94 bits per heavy atom. The van der Waals surface area contributed by atoms with Crippen LogP contribution >= 0.6 is 0 Å². The molecule has 0 aromatic rings. The van der Waals surface area contributed by atoms with E-state index in [1.54, 1.807) is 0 Å². The van der Waals surface area contributed by atoms with E-state index in [0.717, 1.165) is 37.7 Å². The fraction of sp³-hybridized carbons (Fsp3) is 0.667. The molecule has 1 saturated heterocycles. The molecule has 98 valence electrons. The topological polar surface area (TPSA) is 40.5 Å². The van der Waals surface area contributed by atoms with Gasteiger partial charge in [0, 0.05) is 24.1 Å². The van der Waals surface area contributed by atoms with Gasteiger partial charge in [-0.3, -0.25) is 4.79 Å². The summed E-state index contributed by atoms with van der Waals surface area (Å²) >= 11 is 0. The second kappa shape index (κ2) is 4.23. The van der Waals surface area contributed by atoms with Crippen LogP contribution in [0.25, 0.3) is 0 Å². The predicted molar refractivity (Wildman–Crippen MR) is 69.9 cm³/mol. The minimum absolute atomic E-state index is 0.0119. The predicted octanol–water partition coefficient (Wildman–Crippen LogP) is 2.02. The van der Waals surface area contributed by atoms with Crippen LogP contribution in [0.4, 0.5) is 0 Å². The molecule has 3 nitrogen and oxygen atoms in total. The molecule has 1 saturated carbocycles. The summed E-state index contributed by atoms with van der Waals surface area (Å²) in [6, 6.07) is 0.444. The molecule has 0 spiro atoms. The smallest absolute Gasteiger partial charge is 0.250 e. The van der Waals surface area contributed by atoms with E-state index >= 15 is 0 Å². The Balaban J connectivity index is 1.83. The Hall–Kier alpha value is -1.09. The zero-order valence-corrected chi connectivity index (χ0v) is 10.9. The van der Waals surface area contributed by atoms with E-state index < -0.39 is 5.60 Å². The molecule has 0 aromatic heterocycles. The summed E-state index contributed by atoms with van der Waals surface area (Å²) in [5, 5.41) is 10.8. The van der Waals surface area contributed by atoms with Crippen molar-refractivity contribution in [3.63, 3.8) is 0 Å². The Morgan fingerprint density at radius 2 is 2.28 bits per heavy atom. The lowest BCUT2D eigenvalue weighted by atomic mass is 9.77. The van der Waals surface area contributed by atoms with Crippen molar-refractivity contribution < 1.29 is 9.90 Å². The van der Waals surface area contributed by atoms with E-state index in [1.165, 1.54) is 0 Å². The Morgan fingerprint density at radius 1 is 1.50 bits per heavy atom. The molecule has 0 radical (unpaired) electrons. The summed E-state index contributed by atoms with van der Waals surface area (Å²) in [4.78, 5) is 14.3. The highest BCUT2D eigenvalue weighted by Crippen LogP contribution is 2.43. The lowest BCUT2D eigenvalue weighted by Crippen LogP contribution is -2.39. The van der Waals surface area contributed by atoms with E-state index in [4.69, 9.17) is 0 Å². The van der Waals surface area contributed by atoms with Crippen LogP contribution in [0, 0.1) is 5.92 Å². The number of allylic oxidation sites excluding steroid dienone is 2. The highest BCUT2D eigenvalue weighted by atomic mass is 16.3. The third-order valence-corrected chi connectivity index (χ3v) is 4.44. The number of rotatable bonds is 4. The van der Waals surface area contributed by atoms with Gasteiger partial charge in [0.05, 0.1) is 5.60 Å². The lowest BCUT2D eigenvalue weighted by molar-refractivity contribution is -0.125. The van der Waals surface area contributed by atoms with Crippen LogP contribution in [-0.4, -0.2) is 34.1 Å². The van der Waals surface area contributed by atoms with Crippen LogP contribution < -0.4 is 0 Å². The van der Waals surface area contributed by atoms with Crippen LogP contribution in [0.3, 0.4) is 0 Å². The van der Waals surface area contributed by atoms with Gasteiger partial charge < -0.3 is 10.0 Å². The fourth-order valence-electron chi connectivity index (χ4n) is 3.16. The van der Waals surface area contributed by atoms with Crippen LogP contribution in [0.2, 0.25) is 0 Å². The monoisotopic (exact) mass is 247 g/mol. The Kier molecular flexibility index (Phi) is 2.81. The van der Waals surface area contributed by atoms with E-state index in [1.807, 2.05) is 23.1 Å². The molecule has 2 aliphatic carbocycles. The molecule has 3 heteroatoms. The number of fused-ring (bicyclic) bond motifs is 1. The van der Waals surface area contributed by atoms with E-state index in [9.17, 15) is 9.90 Å². The van der Waals surface area contributed by atoms with Crippen molar-refractivity contribution in [2.45, 2.75) is 50.7 Å². The molecule has 0 aromatic carbocycles. The van der Waals surface area contributed by atoms with E-state index in [-0.39, 0.29) is 11.8 Å². The van der Waals surface area contributed by atoms with Crippen molar-refractivity contribution in [1.82, 2.24) is 4.90 Å². The lowest BCUT2D eigenvalue weighted by Gasteiger charge is -2.33. The molecule has 18 heavy (non-hydrogen) atoms. The quantitative estimate of drug-likeness (QED) is 0.825. The summed E-state index contributed by atoms with van der Waals surface area (Å²) < 4.78 is 0. The number of likely N-dealkylation sites (tertiary alicyclic amines) is 1. The van der Waals surface area contributed by atoms with Gasteiger partial charge in [0.2, 0.25) is 0 Å². The zero-order chi connectivity index (χ0) is 12.8. The SMILES string of the molecule is CCCCC1(O)C=CC=C2C(=O)N(C3CC3)C[C@@H]21. The summed E-state index contributed by atoms with van der Waals surface area (Å²) in [6.07, 6.45) is 10.7. The second-order valence-electron chi connectivity index (χ2n) is 5.82. The molecule has 1 heterocycles. The average Bonchev–Trinajstić information content (AvgIpc) is 3.14. The highest BCUT2D eigenvalue weighted by Gasteiger charge is 2.50. The van der Waals surface area contributed by atoms with Gasteiger partial charge in [-0.1, -0.05) is 38.0 Å². The van der Waals surface area contributed by atoms with Gasteiger partial charge in [0.25, 0.3) is 5.91 Å². The van der Waals surface area contributed by atoms with Crippen molar-refractivity contribution in [3.05, 3.63) is 23.8 Å². The number of hydrogen-bond donors (Lipinski definition) is 1. The molecule has 1 unspecified atom stereocenters. The summed E-state index contributed by atoms with van der Waals surface area (Å²) in [5.74, 6) is 0.143. The minimum atomic E-state index is -0.806. The van der Waals surface area contributed by atoms with Gasteiger partial charge in [0.1, 0.15) is 0 Å². The third kappa shape index (κ3) is 1.81. The maximum atomic E-state index is 12.3. The molecule has 1 amide bonds. The molecular weight excluding hydrogens is 226 g/mol. The fourth-order valence-corrected chi connectivity index (χ4v) is 3.16. The van der Waals surface area contributed by atoms with Gasteiger partial charge >= 0.3 is 0 Å². The maximum absolute atomic E-state index is 12.3. The molecule has 2 atom stereocenters. The molecular formula is C15H21NO2. The molecule has 2 fully saturated rings. The first-order valence-corrected chi connectivity index (χ1v) is 7.08. The van der Waals surface area contributed by atoms with Crippen LogP contribution in [0.5, 0.6) is 0 Å². The van der Waals surface area contributed by atoms with Gasteiger partial charge in [-0.25, -0.2) is 0 Å². The minimum Gasteiger partial charge on any atom is -0.385 e. The van der Waals surface area contributed by atoms with Crippen molar-refractivity contribution >= 4 is 5.91 Å². The number of nitrogens with zero attached hydrogens (tertiary/aromatic N) is 1. The highest BCUT2D eigenvalue weighted by molar-refractivity contribution is 5.97. The average molecular weight is 247 g/mol.